The fourth-order valence-electron chi connectivity index (χ4n) is 1.51. The summed E-state index contributed by atoms with van der Waals surface area (Å²) in [5.41, 5.74) is 5.73. The first kappa shape index (κ1) is 19.2. The molecule has 0 amide bonds. The first-order valence-corrected chi connectivity index (χ1v) is 7.23. The molecule has 1 rings (SSSR count). The molecule has 0 aliphatic heterocycles. The molecule has 1 heterocycles. The Balaban J connectivity index is 0.00000361. The fraction of sp³-hybridized carbons (Fsp3) is 0.538. The number of carbonyl (C=O) groups is 1. The second kappa shape index (κ2) is 12.0. The molecule has 20 heavy (non-hydrogen) atoms. The van der Waals surface area contributed by atoms with Gasteiger partial charge in [0.2, 0.25) is 0 Å². The second-order valence-corrected chi connectivity index (χ2v) is 5.09. The summed E-state index contributed by atoms with van der Waals surface area (Å²) in [4.78, 5) is 16.4. The van der Waals surface area contributed by atoms with Crippen LogP contribution in [0.3, 0.4) is 0 Å². The van der Waals surface area contributed by atoms with E-state index in [0.717, 1.165) is 25.8 Å². The average molecular weight is 411 g/mol. The number of halogens is 1. The van der Waals surface area contributed by atoms with Crippen LogP contribution in [0.15, 0.2) is 22.5 Å². The van der Waals surface area contributed by atoms with Gasteiger partial charge in [-0.25, -0.2) is 0 Å². The molecule has 5 nitrogen and oxygen atoms in total. The Bertz CT molecular complexity index is 396. The van der Waals surface area contributed by atoms with Crippen molar-refractivity contribution >= 4 is 47.2 Å². The lowest BCUT2D eigenvalue weighted by Crippen LogP contribution is -2.33. The third-order valence-corrected chi connectivity index (χ3v) is 3.49. The predicted octanol–water partition coefficient (Wildman–Crippen LogP) is 2.16. The number of nitrogens with zero attached hydrogens (tertiary/aromatic N) is 1. The molecule has 0 radical (unpaired) electrons. The van der Waals surface area contributed by atoms with Crippen LogP contribution in [0.4, 0.5) is 0 Å². The Labute approximate surface area is 141 Å². The summed E-state index contributed by atoms with van der Waals surface area (Å²) in [5.74, 6) is 0.292. The molecule has 0 aliphatic carbocycles. The summed E-state index contributed by atoms with van der Waals surface area (Å²) in [5, 5.41) is 5.14. The van der Waals surface area contributed by atoms with E-state index in [1.807, 2.05) is 6.07 Å². The average Bonchev–Trinajstić information content (AvgIpc) is 2.91. The third kappa shape index (κ3) is 9.13. The molecule has 0 aromatic carbocycles. The number of ether oxygens (including phenoxy) is 1. The Morgan fingerprint density at radius 2 is 2.30 bits per heavy atom. The van der Waals surface area contributed by atoms with Crippen molar-refractivity contribution in [1.82, 2.24) is 5.32 Å². The van der Waals surface area contributed by atoms with E-state index in [4.69, 9.17) is 5.73 Å². The Kier molecular flexibility index (Phi) is 11.5. The summed E-state index contributed by atoms with van der Waals surface area (Å²) in [6.45, 7) is 1.42. The maximum absolute atomic E-state index is 10.9. The first-order chi connectivity index (χ1) is 9.22. The van der Waals surface area contributed by atoms with Gasteiger partial charge in [-0.2, -0.15) is 0 Å². The van der Waals surface area contributed by atoms with Crippen LogP contribution in [0.25, 0.3) is 0 Å². The molecular formula is C13H22IN3O2S. The van der Waals surface area contributed by atoms with E-state index in [-0.39, 0.29) is 29.9 Å². The van der Waals surface area contributed by atoms with Crippen LogP contribution in [0, 0.1) is 0 Å². The molecule has 3 N–H and O–H groups in total. The lowest BCUT2D eigenvalue weighted by molar-refractivity contribution is -0.140. The number of rotatable bonds is 8. The molecule has 0 fully saturated rings. The Morgan fingerprint density at radius 1 is 1.50 bits per heavy atom. The Hall–Kier alpha value is -0.830. The summed E-state index contributed by atoms with van der Waals surface area (Å²) in [6, 6.07) is 4.14. The van der Waals surface area contributed by atoms with Crippen molar-refractivity contribution in [2.75, 3.05) is 20.2 Å². The minimum atomic E-state index is -0.175. The highest BCUT2D eigenvalue weighted by Gasteiger charge is 1.99. The molecule has 0 bridgehead atoms. The number of thiophene rings is 1. The van der Waals surface area contributed by atoms with Gasteiger partial charge in [-0.1, -0.05) is 6.07 Å². The van der Waals surface area contributed by atoms with Crippen LogP contribution in [0.1, 0.15) is 24.1 Å². The smallest absolute Gasteiger partial charge is 0.305 e. The van der Waals surface area contributed by atoms with Gasteiger partial charge in [-0.15, -0.1) is 35.3 Å². The van der Waals surface area contributed by atoms with E-state index >= 15 is 0 Å². The van der Waals surface area contributed by atoms with E-state index in [9.17, 15) is 4.79 Å². The van der Waals surface area contributed by atoms with E-state index in [2.05, 4.69) is 26.5 Å². The Morgan fingerprint density at radius 3 is 2.95 bits per heavy atom. The summed E-state index contributed by atoms with van der Waals surface area (Å²) in [6.07, 6.45) is 3.01. The van der Waals surface area contributed by atoms with Gasteiger partial charge < -0.3 is 15.8 Å². The molecule has 114 valence electrons. The number of methoxy groups -OCH3 is 1. The molecule has 1 aromatic heterocycles. The van der Waals surface area contributed by atoms with E-state index < -0.39 is 0 Å². The molecule has 7 heteroatoms. The molecule has 0 saturated heterocycles. The largest absolute Gasteiger partial charge is 0.469 e. The van der Waals surface area contributed by atoms with Gasteiger partial charge in [0.05, 0.1) is 7.11 Å². The third-order valence-electron chi connectivity index (χ3n) is 2.56. The monoisotopic (exact) mass is 411 g/mol. The van der Waals surface area contributed by atoms with Crippen LogP contribution in [-0.4, -0.2) is 32.1 Å². The molecule has 0 atom stereocenters. The van der Waals surface area contributed by atoms with E-state index in [1.165, 1.54) is 12.0 Å². The fourth-order valence-corrected chi connectivity index (χ4v) is 2.22. The normalized spacial score (nSPS) is 10.8. The van der Waals surface area contributed by atoms with E-state index in [0.29, 0.717) is 18.9 Å². The highest BCUT2D eigenvalue weighted by atomic mass is 127. The zero-order valence-corrected chi connectivity index (χ0v) is 14.8. The summed E-state index contributed by atoms with van der Waals surface area (Å²) in [7, 11) is 1.40. The number of hydrogen-bond acceptors (Lipinski definition) is 4. The zero-order valence-electron chi connectivity index (χ0n) is 11.6. The molecule has 0 aliphatic rings. The van der Waals surface area contributed by atoms with Crippen LogP contribution >= 0.6 is 35.3 Å². The highest BCUT2D eigenvalue weighted by Crippen LogP contribution is 2.07. The van der Waals surface area contributed by atoms with Crippen molar-refractivity contribution in [2.45, 2.75) is 25.7 Å². The van der Waals surface area contributed by atoms with Gasteiger partial charge in [0.15, 0.2) is 5.96 Å². The van der Waals surface area contributed by atoms with Gasteiger partial charge in [0, 0.05) is 24.4 Å². The predicted molar refractivity (Wildman–Crippen MR) is 93.8 cm³/mol. The van der Waals surface area contributed by atoms with Crippen molar-refractivity contribution in [3.63, 3.8) is 0 Å². The summed E-state index contributed by atoms with van der Waals surface area (Å²) < 4.78 is 4.56. The minimum absolute atomic E-state index is 0. The number of unbranched alkanes of at least 4 members (excludes halogenated alkanes) is 1. The molecular weight excluding hydrogens is 389 g/mol. The van der Waals surface area contributed by atoms with Crippen molar-refractivity contribution in [3.8, 4) is 0 Å². The first-order valence-electron chi connectivity index (χ1n) is 6.35. The van der Waals surface area contributed by atoms with E-state index in [1.54, 1.807) is 11.3 Å². The second-order valence-electron chi connectivity index (χ2n) is 4.06. The number of esters is 1. The van der Waals surface area contributed by atoms with Crippen molar-refractivity contribution in [3.05, 3.63) is 22.4 Å². The van der Waals surface area contributed by atoms with Gasteiger partial charge in [-0.3, -0.25) is 9.79 Å². The molecule has 0 unspecified atom stereocenters. The quantitative estimate of drug-likeness (QED) is 0.226. The lowest BCUT2D eigenvalue weighted by Gasteiger charge is -2.04. The summed E-state index contributed by atoms with van der Waals surface area (Å²) >= 11 is 1.74. The molecule has 0 saturated carbocycles. The number of nitrogens with one attached hydrogen (secondary N) is 1. The number of hydrogen-bond donors (Lipinski definition) is 2. The van der Waals surface area contributed by atoms with Crippen LogP contribution in [0.5, 0.6) is 0 Å². The van der Waals surface area contributed by atoms with Crippen molar-refractivity contribution in [1.29, 1.82) is 0 Å². The maximum atomic E-state index is 10.9. The minimum Gasteiger partial charge on any atom is -0.469 e. The van der Waals surface area contributed by atoms with Gasteiger partial charge >= 0.3 is 5.97 Å². The lowest BCUT2D eigenvalue weighted by atomic mass is 10.2. The number of guanidine groups is 1. The van der Waals surface area contributed by atoms with Gasteiger partial charge in [0.25, 0.3) is 0 Å². The van der Waals surface area contributed by atoms with Gasteiger partial charge in [-0.05, 0) is 30.7 Å². The van der Waals surface area contributed by atoms with Crippen LogP contribution in [0.2, 0.25) is 0 Å². The number of aliphatic imine (C=N–C) groups is 1. The SMILES string of the molecule is COC(=O)CCCCN=C(N)NCCc1cccs1.I. The molecule has 1 aromatic rings. The maximum Gasteiger partial charge on any atom is 0.305 e. The zero-order chi connectivity index (χ0) is 13.9. The van der Waals surface area contributed by atoms with Crippen LogP contribution < -0.4 is 11.1 Å². The standard InChI is InChI=1S/C13H21N3O2S.HI/c1-18-12(17)6-2-3-8-15-13(14)16-9-7-11-5-4-10-19-11;/h4-5,10H,2-3,6-9H2,1H3,(H3,14,15,16);1H. The van der Waals surface area contributed by atoms with Gasteiger partial charge in [0.1, 0.15) is 0 Å². The van der Waals surface area contributed by atoms with Crippen molar-refractivity contribution in [2.24, 2.45) is 10.7 Å². The topological polar surface area (TPSA) is 76.7 Å². The number of carbonyl (C=O) groups excluding carboxylic acids is 1. The van der Waals surface area contributed by atoms with Crippen molar-refractivity contribution < 1.29 is 9.53 Å². The highest BCUT2D eigenvalue weighted by molar-refractivity contribution is 14.0. The van der Waals surface area contributed by atoms with Crippen LogP contribution in [-0.2, 0) is 16.0 Å². The molecule has 0 spiro atoms. The number of nitrogens with two attached hydrogens (primary N) is 1.